The highest BCUT2D eigenvalue weighted by Crippen LogP contribution is 2.40. The Morgan fingerprint density at radius 3 is 2.05 bits per heavy atom. The van der Waals surface area contributed by atoms with Crippen molar-refractivity contribution in [2.75, 3.05) is 0 Å². The normalized spacial score (nSPS) is 14.2. The van der Waals surface area contributed by atoms with E-state index in [1.807, 2.05) is 0 Å². The van der Waals surface area contributed by atoms with Crippen molar-refractivity contribution in [3.63, 3.8) is 0 Å². The van der Waals surface area contributed by atoms with Gasteiger partial charge in [-0.3, -0.25) is 0 Å². The second kappa shape index (κ2) is 5.43. The number of halogens is 7. The largest absolute Gasteiger partial charge is 0.416 e. The number of alkyl halides is 6. The van der Waals surface area contributed by atoms with Crippen LogP contribution in [-0.2, 0) is 12.4 Å². The van der Waals surface area contributed by atoms with E-state index in [0.717, 1.165) is 6.08 Å². The molecule has 0 fully saturated rings. The topological polar surface area (TPSA) is 26.0 Å². The van der Waals surface area contributed by atoms with Crippen LogP contribution in [0.15, 0.2) is 24.8 Å². The van der Waals surface area contributed by atoms with Gasteiger partial charge in [0, 0.05) is 11.6 Å². The van der Waals surface area contributed by atoms with Crippen LogP contribution in [0.5, 0.6) is 0 Å². The van der Waals surface area contributed by atoms with Gasteiger partial charge in [0.15, 0.2) is 0 Å². The molecule has 8 heteroatoms. The van der Waals surface area contributed by atoms with Crippen molar-refractivity contribution in [3.8, 4) is 0 Å². The SMILES string of the molecule is C=CC[C@@H](N)c1c(F)cc(C(F)(F)F)cc1C(F)(F)F. The van der Waals surface area contributed by atoms with Crippen molar-refractivity contribution in [3.05, 3.63) is 47.3 Å². The van der Waals surface area contributed by atoms with Crippen molar-refractivity contribution >= 4 is 0 Å². The molecule has 1 rings (SSSR count). The standard InChI is InChI=1S/C12H10F7N/c1-2-3-9(20)10-7(12(17,18)19)4-6(5-8(10)13)11(14,15)16/h2,4-5,9H,1,3,20H2/t9-/m1/s1. The third-order valence-electron chi connectivity index (χ3n) is 2.55. The molecule has 1 nitrogen and oxygen atoms in total. The highest BCUT2D eigenvalue weighted by atomic mass is 19.4. The predicted octanol–water partition coefficient (Wildman–Crippen LogP) is 4.44. The fourth-order valence-corrected chi connectivity index (χ4v) is 1.69. The maximum Gasteiger partial charge on any atom is 0.416 e. The van der Waals surface area contributed by atoms with Crippen LogP contribution in [0.25, 0.3) is 0 Å². The van der Waals surface area contributed by atoms with Crippen molar-refractivity contribution in [1.82, 2.24) is 0 Å². The molecule has 0 bridgehead atoms. The molecule has 0 saturated heterocycles. The number of benzene rings is 1. The first-order chi connectivity index (χ1) is 8.98. The fourth-order valence-electron chi connectivity index (χ4n) is 1.69. The maximum absolute atomic E-state index is 13.6. The van der Waals surface area contributed by atoms with Crippen LogP contribution in [0.4, 0.5) is 30.7 Å². The Bertz CT molecular complexity index is 502. The molecule has 0 aliphatic heterocycles. The van der Waals surface area contributed by atoms with E-state index in [0.29, 0.717) is 0 Å². The lowest BCUT2D eigenvalue weighted by Crippen LogP contribution is -2.21. The van der Waals surface area contributed by atoms with Gasteiger partial charge in [-0.05, 0) is 18.6 Å². The second-order valence-electron chi connectivity index (χ2n) is 4.05. The number of rotatable bonds is 3. The van der Waals surface area contributed by atoms with E-state index < -0.39 is 40.9 Å². The van der Waals surface area contributed by atoms with E-state index in [1.54, 1.807) is 0 Å². The highest BCUT2D eigenvalue weighted by Gasteiger charge is 2.40. The zero-order valence-corrected chi connectivity index (χ0v) is 9.95. The molecule has 0 spiro atoms. The molecule has 0 amide bonds. The molecule has 2 N–H and O–H groups in total. The van der Waals surface area contributed by atoms with E-state index in [4.69, 9.17) is 5.73 Å². The third kappa shape index (κ3) is 3.50. The maximum atomic E-state index is 13.6. The average Bonchev–Trinajstić information content (AvgIpc) is 2.25. The molecule has 112 valence electrons. The molecule has 1 aromatic carbocycles. The Balaban J connectivity index is 3.55. The molecule has 0 aliphatic rings. The van der Waals surface area contributed by atoms with Gasteiger partial charge in [0.2, 0.25) is 0 Å². The van der Waals surface area contributed by atoms with E-state index in [1.165, 1.54) is 0 Å². The zero-order chi connectivity index (χ0) is 15.7. The van der Waals surface area contributed by atoms with Crippen molar-refractivity contribution in [2.45, 2.75) is 24.8 Å². The molecule has 0 aliphatic carbocycles. The average molecular weight is 301 g/mol. The van der Waals surface area contributed by atoms with Gasteiger partial charge >= 0.3 is 12.4 Å². The van der Waals surface area contributed by atoms with Crippen LogP contribution >= 0.6 is 0 Å². The second-order valence-corrected chi connectivity index (χ2v) is 4.05. The van der Waals surface area contributed by atoms with Gasteiger partial charge in [0.25, 0.3) is 0 Å². The molecule has 0 saturated carbocycles. The predicted molar refractivity (Wildman–Crippen MR) is 58.1 cm³/mol. The Labute approximate surface area is 109 Å². The lowest BCUT2D eigenvalue weighted by Gasteiger charge is -2.20. The van der Waals surface area contributed by atoms with Crippen LogP contribution in [0.1, 0.15) is 29.2 Å². The minimum atomic E-state index is -5.14. The lowest BCUT2D eigenvalue weighted by molar-refractivity contribution is -0.144. The van der Waals surface area contributed by atoms with Gasteiger partial charge in [-0.25, -0.2) is 4.39 Å². The van der Waals surface area contributed by atoms with Gasteiger partial charge in [-0.15, -0.1) is 6.58 Å². The van der Waals surface area contributed by atoms with E-state index in [-0.39, 0.29) is 18.6 Å². The summed E-state index contributed by atoms with van der Waals surface area (Å²) < 4.78 is 89.3. The van der Waals surface area contributed by atoms with Crippen LogP contribution < -0.4 is 5.73 Å². The van der Waals surface area contributed by atoms with Gasteiger partial charge < -0.3 is 5.73 Å². The Morgan fingerprint density at radius 2 is 1.65 bits per heavy atom. The Kier molecular flexibility index (Phi) is 4.48. The van der Waals surface area contributed by atoms with Crippen molar-refractivity contribution in [2.24, 2.45) is 5.73 Å². The summed E-state index contributed by atoms with van der Waals surface area (Å²) in [7, 11) is 0. The van der Waals surface area contributed by atoms with E-state index in [2.05, 4.69) is 6.58 Å². The minimum absolute atomic E-state index is 0.00746. The summed E-state index contributed by atoms with van der Waals surface area (Å²) in [6.45, 7) is 3.24. The number of hydrogen-bond acceptors (Lipinski definition) is 1. The van der Waals surface area contributed by atoms with Gasteiger partial charge in [-0.2, -0.15) is 26.3 Å². The first-order valence-electron chi connectivity index (χ1n) is 5.32. The van der Waals surface area contributed by atoms with E-state index in [9.17, 15) is 30.7 Å². The number of nitrogens with two attached hydrogens (primary N) is 1. The summed E-state index contributed by atoms with van der Waals surface area (Å²) in [6.07, 6.45) is -9.27. The first-order valence-corrected chi connectivity index (χ1v) is 5.32. The summed E-state index contributed by atoms with van der Waals surface area (Å²) in [6, 6.07) is -1.55. The smallest absolute Gasteiger partial charge is 0.324 e. The Hall–Kier alpha value is -1.57. The highest BCUT2D eigenvalue weighted by molar-refractivity contribution is 5.39. The molecule has 0 aromatic heterocycles. The summed E-state index contributed by atoms with van der Waals surface area (Å²) in [4.78, 5) is 0. The summed E-state index contributed by atoms with van der Waals surface area (Å²) in [5.41, 5.74) is 0.941. The molecule has 20 heavy (non-hydrogen) atoms. The van der Waals surface area contributed by atoms with Crippen molar-refractivity contribution in [1.29, 1.82) is 0 Å². The van der Waals surface area contributed by atoms with Gasteiger partial charge in [0.1, 0.15) is 5.82 Å². The molecule has 0 radical (unpaired) electrons. The van der Waals surface area contributed by atoms with Crippen LogP contribution in [0.2, 0.25) is 0 Å². The number of hydrogen-bond donors (Lipinski definition) is 1. The fraction of sp³-hybridized carbons (Fsp3) is 0.333. The summed E-state index contributed by atoms with van der Waals surface area (Å²) >= 11 is 0. The molecule has 1 aromatic rings. The lowest BCUT2D eigenvalue weighted by atomic mass is 9.95. The van der Waals surface area contributed by atoms with Crippen molar-refractivity contribution < 1.29 is 30.7 Å². The molecule has 1 atom stereocenters. The quantitative estimate of drug-likeness (QED) is 0.648. The third-order valence-corrected chi connectivity index (χ3v) is 2.55. The zero-order valence-electron chi connectivity index (χ0n) is 9.95. The summed E-state index contributed by atoms with van der Waals surface area (Å²) in [5, 5.41) is 0. The first kappa shape index (κ1) is 16.5. The molecule has 0 heterocycles. The Morgan fingerprint density at radius 1 is 1.10 bits per heavy atom. The monoisotopic (exact) mass is 301 g/mol. The van der Waals surface area contributed by atoms with Gasteiger partial charge in [-0.1, -0.05) is 6.08 Å². The van der Waals surface area contributed by atoms with Crippen LogP contribution in [0, 0.1) is 5.82 Å². The molecule has 0 unspecified atom stereocenters. The van der Waals surface area contributed by atoms with Crippen LogP contribution in [0.3, 0.4) is 0 Å². The summed E-state index contributed by atoms with van der Waals surface area (Å²) in [5.74, 6) is -1.64. The molecular formula is C12H10F7N. The minimum Gasteiger partial charge on any atom is -0.324 e. The molecular weight excluding hydrogens is 291 g/mol. The van der Waals surface area contributed by atoms with Crippen LogP contribution in [-0.4, -0.2) is 0 Å². The van der Waals surface area contributed by atoms with Gasteiger partial charge in [0.05, 0.1) is 11.1 Å². The van der Waals surface area contributed by atoms with E-state index >= 15 is 0 Å².